The second-order valence-electron chi connectivity index (χ2n) is 5.46. The van der Waals surface area contributed by atoms with Crippen LogP contribution in [0.3, 0.4) is 0 Å². The molecule has 1 aromatic carbocycles. The van der Waals surface area contributed by atoms with Gasteiger partial charge in [0.05, 0.1) is 13.2 Å². The summed E-state index contributed by atoms with van der Waals surface area (Å²) in [4.78, 5) is 30.2. The van der Waals surface area contributed by atoms with E-state index in [4.69, 9.17) is 4.74 Å². The van der Waals surface area contributed by atoms with Crippen LogP contribution < -0.4 is 10.1 Å². The van der Waals surface area contributed by atoms with Gasteiger partial charge in [-0.15, -0.1) is 0 Å². The lowest BCUT2D eigenvalue weighted by Crippen LogP contribution is -2.35. The van der Waals surface area contributed by atoms with Crippen molar-refractivity contribution < 1.29 is 14.3 Å². The number of carbonyl (C=O) groups is 2. The Kier molecular flexibility index (Phi) is 6.52. The Morgan fingerprint density at radius 2 is 2.08 bits per heavy atom. The van der Waals surface area contributed by atoms with E-state index >= 15 is 0 Å². The number of halogens is 1. The van der Waals surface area contributed by atoms with E-state index in [2.05, 4.69) is 26.2 Å². The van der Waals surface area contributed by atoms with E-state index in [0.29, 0.717) is 17.9 Å². The van der Waals surface area contributed by atoms with Gasteiger partial charge in [0.15, 0.2) is 0 Å². The average Bonchev–Trinajstić information content (AvgIpc) is 2.57. The van der Waals surface area contributed by atoms with Gasteiger partial charge in [-0.3, -0.25) is 9.59 Å². The minimum Gasteiger partial charge on any atom is -0.477 e. The first kappa shape index (κ1) is 18.9. The second kappa shape index (κ2) is 8.62. The molecule has 0 saturated carbocycles. The molecule has 2 rings (SSSR count). The van der Waals surface area contributed by atoms with Gasteiger partial charge in [-0.05, 0) is 49.7 Å². The molecular formula is C18H20BrN3O3. The fourth-order valence-corrected chi connectivity index (χ4v) is 2.73. The number of anilines is 1. The zero-order chi connectivity index (χ0) is 18.4. The maximum Gasteiger partial charge on any atom is 0.259 e. The molecule has 0 unspecified atom stereocenters. The fourth-order valence-electron chi connectivity index (χ4n) is 2.26. The smallest absolute Gasteiger partial charge is 0.259 e. The van der Waals surface area contributed by atoms with E-state index in [0.717, 1.165) is 10.0 Å². The van der Waals surface area contributed by atoms with E-state index < -0.39 is 0 Å². The van der Waals surface area contributed by atoms with Crippen molar-refractivity contribution in [1.29, 1.82) is 0 Å². The maximum absolute atomic E-state index is 12.6. The molecule has 1 aromatic heterocycles. The SMILES string of the molecule is CCOc1ncccc1C(=O)N(C)CC(=O)Nc1ccc(Br)cc1C. The summed E-state index contributed by atoms with van der Waals surface area (Å²) in [5.74, 6) is -0.326. The zero-order valence-electron chi connectivity index (χ0n) is 14.4. The molecule has 132 valence electrons. The first-order valence-corrected chi connectivity index (χ1v) is 8.61. The monoisotopic (exact) mass is 405 g/mol. The van der Waals surface area contributed by atoms with Gasteiger partial charge in [-0.25, -0.2) is 4.98 Å². The number of rotatable bonds is 6. The lowest BCUT2D eigenvalue weighted by Gasteiger charge is -2.18. The predicted octanol–water partition coefficient (Wildman–Crippen LogP) is 3.26. The van der Waals surface area contributed by atoms with Crippen LogP contribution in [-0.4, -0.2) is 41.9 Å². The number of likely N-dealkylation sites (N-methyl/N-ethyl adjacent to an activating group) is 1. The van der Waals surface area contributed by atoms with Crippen LogP contribution in [0.4, 0.5) is 5.69 Å². The van der Waals surface area contributed by atoms with Crippen molar-refractivity contribution in [2.45, 2.75) is 13.8 Å². The van der Waals surface area contributed by atoms with Crippen LogP contribution in [0.1, 0.15) is 22.8 Å². The van der Waals surface area contributed by atoms with E-state index in [1.807, 2.05) is 32.0 Å². The Morgan fingerprint density at radius 3 is 2.76 bits per heavy atom. The third kappa shape index (κ3) is 5.03. The molecule has 0 aliphatic carbocycles. The highest BCUT2D eigenvalue weighted by Gasteiger charge is 2.19. The minimum absolute atomic E-state index is 0.0746. The number of amides is 2. The Bertz CT molecular complexity index is 780. The molecule has 1 heterocycles. The first-order valence-electron chi connectivity index (χ1n) is 7.81. The molecule has 0 radical (unpaired) electrons. The molecule has 25 heavy (non-hydrogen) atoms. The van der Waals surface area contributed by atoms with Gasteiger partial charge in [-0.2, -0.15) is 0 Å². The van der Waals surface area contributed by atoms with Crippen molar-refractivity contribution in [2.24, 2.45) is 0 Å². The molecule has 0 aliphatic rings. The van der Waals surface area contributed by atoms with Gasteiger partial charge in [0.1, 0.15) is 5.56 Å². The highest BCUT2D eigenvalue weighted by atomic mass is 79.9. The summed E-state index contributed by atoms with van der Waals surface area (Å²) in [7, 11) is 1.57. The summed E-state index contributed by atoms with van der Waals surface area (Å²) in [5, 5.41) is 2.81. The molecule has 1 N–H and O–H groups in total. The van der Waals surface area contributed by atoms with Crippen molar-refractivity contribution in [2.75, 3.05) is 25.5 Å². The zero-order valence-corrected chi connectivity index (χ0v) is 16.0. The third-order valence-electron chi connectivity index (χ3n) is 3.47. The van der Waals surface area contributed by atoms with Gasteiger partial charge in [0.2, 0.25) is 11.8 Å². The predicted molar refractivity (Wildman–Crippen MR) is 99.9 cm³/mol. The van der Waals surface area contributed by atoms with E-state index in [1.54, 1.807) is 25.4 Å². The summed E-state index contributed by atoms with van der Waals surface area (Å²) in [6, 6.07) is 8.87. The molecule has 2 aromatic rings. The summed E-state index contributed by atoms with van der Waals surface area (Å²) >= 11 is 3.38. The quantitative estimate of drug-likeness (QED) is 0.800. The molecule has 0 aliphatic heterocycles. The maximum atomic E-state index is 12.6. The number of benzene rings is 1. The molecule has 0 saturated heterocycles. The number of ether oxygens (including phenoxy) is 1. The Balaban J connectivity index is 2.04. The summed E-state index contributed by atoms with van der Waals surface area (Å²) < 4.78 is 6.31. The highest BCUT2D eigenvalue weighted by molar-refractivity contribution is 9.10. The number of carbonyl (C=O) groups excluding carboxylic acids is 2. The number of aryl methyl sites for hydroxylation is 1. The third-order valence-corrected chi connectivity index (χ3v) is 3.97. The number of hydrogen-bond donors (Lipinski definition) is 1. The summed E-state index contributed by atoms with van der Waals surface area (Å²) in [6.07, 6.45) is 1.56. The lowest BCUT2D eigenvalue weighted by molar-refractivity contribution is -0.116. The van der Waals surface area contributed by atoms with Gasteiger partial charge in [0.25, 0.3) is 5.91 Å². The van der Waals surface area contributed by atoms with Crippen LogP contribution in [0.15, 0.2) is 41.0 Å². The van der Waals surface area contributed by atoms with Crippen LogP contribution in [0, 0.1) is 6.92 Å². The Morgan fingerprint density at radius 1 is 1.32 bits per heavy atom. The molecule has 0 atom stereocenters. The topological polar surface area (TPSA) is 71.5 Å². The molecule has 0 fully saturated rings. The van der Waals surface area contributed by atoms with Crippen LogP contribution >= 0.6 is 15.9 Å². The number of hydrogen-bond acceptors (Lipinski definition) is 4. The standard InChI is InChI=1S/C18H20BrN3O3/c1-4-25-17-14(6-5-9-20-17)18(24)22(3)11-16(23)21-15-8-7-13(19)10-12(15)2/h5-10H,4,11H2,1-3H3,(H,21,23). The number of pyridine rings is 1. The van der Waals surface area contributed by atoms with Crippen LogP contribution in [0.2, 0.25) is 0 Å². The van der Waals surface area contributed by atoms with E-state index in [9.17, 15) is 9.59 Å². The van der Waals surface area contributed by atoms with Crippen molar-refractivity contribution in [3.63, 3.8) is 0 Å². The van der Waals surface area contributed by atoms with Crippen LogP contribution in [0.25, 0.3) is 0 Å². The Hall–Kier alpha value is -2.41. The molecule has 0 spiro atoms. The van der Waals surface area contributed by atoms with E-state index in [1.165, 1.54) is 4.90 Å². The average molecular weight is 406 g/mol. The summed E-state index contributed by atoms with van der Waals surface area (Å²) in [5.41, 5.74) is 1.98. The largest absolute Gasteiger partial charge is 0.477 e. The molecule has 2 amide bonds. The fraction of sp³-hybridized carbons (Fsp3) is 0.278. The number of aromatic nitrogens is 1. The number of nitrogens with one attached hydrogen (secondary N) is 1. The van der Waals surface area contributed by atoms with Gasteiger partial charge < -0.3 is 15.0 Å². The molecule has 0 bridgehead atoms. The van der Waals surface area contributed by atoms with Crippen molar-refractivity contribution >= 4 is 33.4 Å². The molecule has 6 nitrogen and oxygen atoms in total. The second-order valence-corrected chi connectivity index (χ2v) is 6.37. The first-order chi connectivity index (χ1) is 11.9. The van der Waals surface area contributed by atoms with Crippen LogP contribution in [0.5, 0.6) is 5.88 Å². The summed E-state index contributed by atoms with van der Waals surface area (Å²) in [6.45, 7) is 4.05. The van der Waals surface area contributed by atoms with Crippen molar-refractivity contribution in [3.8, 4) is 5.88 Å². The van der Waals surface area contributed by atoms with E-state index in [-0.39, 0.29) is 24.2 Å². The minimum atomic E-state index is -0.320. The van der Waals surface area contributed by atoms with Crippen molar-refractivity contribution in [3.05, 3.63) is 52.1 Å². The van der Waals surface area contributed by atoms with Crippen molar-refractivity contribution in [1.82, 2.24) is 9.88 Å². The lowest BCUT2D eigenvalue weighted by atomic mass is 10.2. The Labute approximate surface area is 155 Å². The highest BCUT2D eigenvalue weighted by Crippen LogP contribution is 2.20. The van der Waals surface area contributed by atoms with Gasteiger partial charge in [0, 0.05) is 23.4 Å². The normalized spacial score (nSPS) is 10.2. The molecule has 7 heteroatoms. The van der Waals surface area contributed by atoms with Gasteiger partial charge in [-0.1, -0.05) is 15.9 Å². The number of nitrogens with zero attached hydrogens (tertiary/aromatic N) is 2. The molecular weight excluding hydrogens is 386 g/mol. The van der Waals surface area contributed by atoms with Gasteiger partial charge >= 0.3 is 0 Å². The van der Waals surface area contributed by atoms with Crippen LogP contribution in [-0.2, 0) is 4.79 Å².